The van der Waals surface area contributed by atoms with Gasteiger partial charge >= 0.3 is 0 Å². The lowest BCUT2D eigenvalue weighted by Crippen LogP contribution is -2.44. The standard InChI is InChI=1S/C25H27FN4O3S/c26-18-10-12-19(13-11-18)30-23(28-29-25(30)34-16-17-6-2-1-3-7-17)14-27-24(31)22-15-32-20-8-4-5-9-21(20)33-22/h4-5,8-13,17,22H,1-3,6-7,14-16H2,(H,27,31)/t22-/m1/s1. The number of aromatic nitrogens is 3. The molecule has 3 aromatic rings. The number of fused-ring (bicyclic) bond motifs is 1. The Balaban J connectivity index is 1.29. The summed E-state index contributed by atoms with van der Waals surface area (Å²) in [4.78, 5) is 12.8. The van der Waals surface area contributed by atoms with Gasteiger partial charge in [-0.1, -0.05) is 43.2 Å². The molecule has 1 saturated carbocycles. The van der Waals surface area contributed by atoms with Gasteiger partial charge in [0.2, 0.25) is 6.10 Å². The zero-order valence-electron chi connectivity index (χ0n) is 18.8. The molecule has 34 heavy (non-hydrogen) atoms. The average Bonchev–Trinajstić information content (AvgIpc) is 3.29. The van der Waals surface area contributed by atoms with Crippen molar-refractivity contribution in [1.29, 1.82) is 0 Å². The molecule has 0 unspecified atom stereocenters. The van der Waals surface area contributed by atoms with Crippen molar-refractivity contribution in [3.63, 3.8) is 0 Å². The molecule has 9 heteroatoms. The molecule has 1 aliphatic heterocycles. The van der Waals surface area contributed by atoms with Crippen molar-refractivity contribution in [2.75, 3.05) is 12.4 Å². The van der Waals surface area contributed by atoms with Crippen LogP contribution in [0.3, 0.4) is 0 Å². The fraction of sp³-hybridized carbons (Fsp3) is 0.400. The minimum absolute atomic E-state index is 0.135. The first-order valence-electron chi connectivity index (χ1n) is 11.7. The number of ether oxygens (including phenoxy) is 2. The quantitative estimate of drug-likeness (QED) is 0.499. The molecule has 1 aliphatic carbocycles. The van der Waals surface area contributed by atoms with Gasteiger partial charge in [0.25, 0.3) is 5.91 Å². The normalized spacial score (nSPS) is 18.0. The molecule has 2 aliphatic rings. The van der Waals surface area contributed by atoms with E-state index in [2.05, 4.69) is 15.5 Å². The van der Waals surface area contributed by atoms with E-state index in [1.807, 2.05) is 16.7 Å². The highest BCUT2D eigenvalue weighted by Gasteiger charge is 2.28. The molecule has 0 spiro atoms. The Morgan fingerprint density at radius 1 is 1.06 bits per heavy atom. The van der Waals surface area contributed by atoms with Crippen LogP contribution in [0, 0.1) is 11.7 Å². The predicted octanol–water partition coefficient (Wildman–Crippen LogP) is 4.54. The molecule has 2 aromatic carbocycles. The van der Waals surface area contributed by atoms with E-state index in [1.165, 1.54) is 44.2 Å². The van der Waals surface area contributed by atoms with E-state index in [4.69, 9.17) is 9.47 Å². The van der Waals surface area contributed by atoms with Gasteiger partial charge in [0, 0.05) is 11.4 Å². The van der Waals surface area contributed by atoms with Crippen LogP contribution >= 0.6 is 11.8 Å². The van der Waals surface area contributed by atoms with Crippen LogP contribution in [0.15, 0.2) is 53.7 Å². The van der Waals surface area contributed by atoms with E-state index < -0.39 is 6.10 Å². The summed E-state index contributed by atoms with van der Waals surface area (Å²) in [6.07, 6.45) is 5.62. The van der Waals surface area contributed by atoms with Crippen molar-refractivity contribution in [2.45, 2.75) is 49.9 Å². The van der Waals surface area contributed by atoms with Gasteiger partial charge in [0.1, 0.15) is 12.4 Å². The summed E-state index contributed by atoms with van der Waals surface area (Å²) in [5.74, 6) is 2.79. The third kappa shape index (κ3) is 5.19. The molecule has 178 valence electrons. The number of amides is 1. The predicted molar refractivity (Wildman–Crippen MR) is 127 cm³/mol. The van der Waals surface area contributed by atoms with Crippen LogP contribution in [-0.2, 0) is 11.3 Å². The number of rotatable bonds is 7. The molecule has 1 atom stereocenters. The first-order chi connectivity index (χ1) is 16.7. The Hall–Kier alpha value is -3.07. The van der Waals surface area contributed by atoms with Gasteiger partial charge in [-0.05, 0) is 55.2 Å². The van der Waals surface area contributed by atoms with Gasteiger partial charge in [-0.15, -0.1) is 10.2 Å². The van der Waals surface area contributed by atoms with E-state index >= 15 is 0 Å². The smallest absolute Gasteiger partial charge is 0.265 e. The Morgan fingerprint density at radius 2 is 1.82 bits per heavy atom. The number of halogens is 1. The van der Waals surface area contributed by atoms with Crippen LogP contribution in [0.25, 0.3) is 5.69 Å². The van der Waals surface area contributed by atoms with Crippen LogP contribution in [0.4, 0.5) is 4.39 Å². The lowest BCUT2D eigenvalue weighted by atomic mass is 9.91. The molecule has 1 N–H and O–H groups in total. The second-order valence-corrected chi connectivity index (χ2v) is 9.59. The maximum Gasteiger partial charge on any atom is 0.265 e. The summed E-state index contributed by atoms with van der Waals surface area (Å²) in [6, 6.07) is 13.5. The first kappa shape index (κ1) is 22.7. The van der Waals surface area contributed by atoms with Gasteiger partial charge < -0.3 is 14.8 Å². The third-order valence-electron chi connectivity index (χ3n) is 6.18. The lowest BCUT2D eigenvalue weighted by molar-refractivity contribution is -0.130. The average molecular weight is 483 g/mol. The molecule has 0 radical (unpaired) electrons. The van der Waals surface area contributed by atoms with Crippen LogP contribution in [0.1, 0.15) is 37.9 Å². The number of benzene rings is 2. The number of carbonyl (C=O) groups excluding carboxylic acids is 1. The van der Waals surface area contributed by atoms with E-state index in [0.29, 0.717) is 23.2 Å². The van der Waals surface area contributed by atoms with Gasteiger partial charge in [0.15, 0.2) is 22.5 Å². The monoisotopic (exact) mass is 482 g/mol. The van der Waals surface area contributed by atoms with Crippen LogP contribution in [-0.4, -0.2) is 39.1 Å². The van der Waals surface area contributed by atoms with Gasteiger partial charge in [-0.3, -0.25) is 9.36 Å². The van der Waals surface area contributed by atoms with E-state index in [0.717, 1.165) is 16.6 Å². The molecule has 2 heterocycles. The van der Waals surface area contributed by atoms with Crippen LogP contribution < -0.4 is 14.8 Å². The van der Waals surface area contributed by atoms with Crippen molar-refractivity contribution in [3.05, 3.63) is 60.2 Å². The summed E-state index contributed by atoms with van der Waals surface area (Å²) in [5, 5.41) is 12.4. The molecule has 1 aromatic heterocycles. The fourth-order valence-corrected chi connectivity index (χ4v) is 5.49. The Labute approximate surface area is 202 Å². The topological polar surface area (TPSA) is 78.3 Å². The van der Waals surface area contributed by atoms with Crippen LogP contribution in [0.2, 0.25) is 0 Å². The molecule has 1 fully saturated rings. The number of hydrogen-bond donors (Lipinski definition) is 1. The zero-order chi connectivity index (χ0) is 23.3. The maximum atomic E-state index is 13.6. The summed E-state index contributed by atoms with van der Waals surface area (Å²) < 4.78 is 26.9. The SMILES string of the molecule is O=C(NCc1nnc(SCC2CCCCC2)n1-c1ccc(F)cc1)[C@H]1COc2ccccc2O1. The minimum atomic E-state index is -0.753. The summed E-state index contributed by atoms with van der Waals surface area (Å²) in [7, 11) is 0. The maximum absolute atomic E-state index is 13.6. The number of nitrogens with zero attached hydrogens (tertiary/aromatic N) is 3. The molecular weight excluding hydrogens is 455 g/mol. The fourth-order valence-electron chi connectivity index (χ4n) is 4.33. The highest BCUT2D eigenvalue weighted by molar-refractivity contribution is 7.99. The van der Waals surface area contributed by atoms with Gasteiger partial charge in [-0.2, -0.15) is 0 Å². The zero-order valence-corrected chi connectivity index (χ0v) is 19.6. The third-order valence-corrected chi connectivity index (χ3v) is 7.34. The summed E-state index contributed by atoms with van der Waals surface area (Å²) in [5.41, 5.74) is 0.757. The Kier molecular flexibility index (Phi) is 6.99. The van der Waals surface area contributed by atoms with Crippen LogP contribution in [0.5, 0.6) is 11.5 Å². The van der Waals surface area contributed by atoms with Crippen molar-refractivity contribution < 1.29 is 18.7 Å². The second kappa shape index (κ2) is 10.5. The number of thioether (sulfide) groups is 1. The highest BCUT2D eigenvalue weighted by Crippen LogP contribution is 2.32. The lowest BCUT2D eigenvalue weighted by Gasteiger charge is -2.25. The van der Waals surface area contributed by atoms with Crippen molar-refractivity contribution in [1.82, 2.24) is 20.1 Å². The number of nitrogens with one attached hydrogen (secondary N) is 1. The van der Waals surface area contributed by atoms with Crippen molar-refractivity contribution >= 4 is 17.7 Å². The molecule has 1 amide bonds. The minimum Gasteiger partial charge on any atom is -0.485 e. The van der Waals surface area contributed by atoms with Crippen molar-refractivity contribution in [2.24, 2.45) is 5.92 Å². The first-order valence-corrected chi connectivity index (χ1v) is 12.6. The summed E-state index contributed by atoms with van der Waals surface area (Å²) >= 11 is 1.67. The molecule has 0 bridgehead atoms. The van der Waals surface area contributed by atoms with Gasteiger partial charge in [0.05, 0.1) is 6.54 Å². The largest absolute Gasteiger partial charge is 0.485 e. The number of para-hydroxylation sites is 2. The molecule has 7 nitrogen and oxygen atoms in total. The Morgan fingerprint density at radius 3 is 2.62 bits per heavy atom. The summed E-state index contributed by atoms with van der Waals surface area (Å²) in [6.45, 7) is 0.296. The molecule has 0 saturated heterocycles. The van der Waals surface area contributed by atoms with E-state index in [1.54, 1.807) is 36.0 Å². The Bertz CT molecular complexity index is 1130. The molecular formula is C25H27FN4O3S. The second-order valence-electron chi connectivity index (χ2n) is 8.61. The van der Waals surface area contributed by atoms with Crippen molar-refractivity contribution in [3.8, 4) is 17.2 Å². The van der Waals surface area contributed by atoms with Gasteiger partial charge in [-0.25, -0.2) is 4.39 Å². The number of hydrogen-bond acceptors (Lipinski definition) is 6. The van der Waals surface area contributed by atoms with E-state index in [-0.39, 0.29) is 24.9 Å². The highest BCUT2D eigenvalue weighted by atomic mass is 32.2. The van der Waals surface area contributed by atoms with E-state index in [9.17, 15) is 9.18 Å². The number of carbonyl (C=O) groups is 1. The molecule has 5 rings (SSSR count).